The molecular weight excluding hydrogens is 216 g/mol. The van der Waals surface area contributed by atoms with Crippen LogP contribution in [0, 0.1) is 6.92 Å². The van der Waals surface area contributed by atoms with Gasteiger partial charge in [-0.2, -0.15) is 0 Å². The molecule has 2 N–H and O–H groups in total. The van der Waals surface area contributed by atoms with Gasteiger partial charge >= 0.3 is 0 Å². The van der Waals surface area contributed by atoms with Crippen LogP contribution in [0.4, 0.5) is 0 Å². The SMILES string of the molecule is Cc1cnc(CNC(C)C(=O)NC2CC2)cn1. The number of carbonyl (C=O) groups excluding carboxylic acids is 1. The molecule has 1 aliphatic carbocycles. The van der Waals surface area contributed by atoms with Crippen LogP contribution in [-0.4, -0.2) is 28.0 Å². The number of nitrogens with zero attached hydrogens (tertiary/aromatic N) is 2. The number of nitrogens with one attached hydrogen (secondary N) is 2. The molecule has 1 saturated carbocycles. The maximum Gasteiger partial charge on any atom is 0.237 e. The molecule has 1 amide bonds. The normalized spacial score (nSPS) is 16.6. The standard InChI is InChI=1S/C12H18N4O/c1-8-5-15-11(6-13-8)7-14-9(2)12(17)16-10-3-4-10/h5-6,9-10,14H,3-4,7H2,1-2H3,(H,16,17). The maximum absolute atomic E-state index is 11.7. The Kier molecular flexibility index (Phi) is 3.68. The highest BCUT2D eigenvalue weighted by Crippen LogP contribution is 2.18. The molecule has 0 aliphatic heterocycles. The predicted molar refractivity (Wildman–Crippen MR) is 64.2 cm³/mol. The predicted octanol–water partition coefficient (Wildman–Crippen LogP) is 0.542. The van der Waals surface area contributed by atoms with Crippen LogP contribution in [0.15, 0.2) is 12.4 Å². The van der Waals surface area contributed by atoms with Crippen molar-refractivity contribution in [2.45, 2.75) is 45.3 Å². The third-order valence-corrected chi connectivity index (χ3v) is 2.74. The van der Waals surface area contributed by atoms with E-state index < -0.39 is 0 Å². The van der Waals surface area contributed by atoms with E-state index in [1.807, 2.05) is 13.8 Å². The molecule has 0 bridgehead atoms. The third-order valence-electron chi connectivity index (χ3n) is 2.74. The van der Waals surface area contributed by atoms with E-state index in [1.165, 1.54) is 0 Å². The highest BCUT2D eigenvalue weighted by molar-refractivity contribution is 5.81. The van der Waals surface area contributed by atoms with Gasteiger partial charge in [0.25, 0.3) is 0 Å². The molecule has 17 heavy (non-hydrogen) atoms. The first-order chi connectivity index (χ1) is 8.15. The van der Waals surface area contributed by atoms with Crippen molar-refractivity contribution in [3.05, 3.63) is 23.8 Å². The minimum atomic E-state index is -0.196. The zero-order valence-corrected chi connectivity index (χ0v) is 10.2. The van der Waals surface area contributed by atoms with E-state index in [0.717, 1.165) is 24.2 Å². The van der Waals surface area contributed by atoms with Crippen molar-refractivity contribution in [1.82, 2.24) is 20.6 Å². The lowest BCUT2D eigenvalue weighted by Crippen LogP contribution is -2.42. The first-order valence-corrected chi connectivity index (χ1v) is 5.96. The number of aromatic nitrogens is 2. The van der Waals surface area contributed by atoms with Gasteiger partial charge in [0.15, 0.2) is 0 Å². The fourth-order valence-corrected chi connectivity index (χ4v) is 1.41. The van der Waals surface area contributed by atoms with Crippen molar-refractivity contribution < 1.29 is 4.79 Å². The van der Waals surface area contributed by atoms with Gasteiger partial charge in [-0.1, -0.05) is 0 Å². The minimum absolute atomic E-state index is 0.0626. The van der Waals surface area contributed by atoms with E-state index in [0.29, 0.717) is 12.6 Å². The van der Waals surface area contributed by atoms with Crippen molar-refractivity contribution in [2.24, 2.45) is 0 Å². The summed E-state index contributed by atoms with van der Waals surface area (Å²) in [6.45, 7) is 4.32. The summed E-state index contributed by atoms with van der Waals surface area (Å²) in [7, 11) is 0. The maximum atomic E-state index is 11.7. The quantitative estimate of drug-likeness (QED) is 0.780. The van der Waals surface area contributed by atoms with Gasteiger partial charge in [-0.25, -0.2) is 0 Å². The van der Waals surface area contributed by atoms with E-state index in [9.17, 15) is 4.79 Å². The Hall–Kier alpha value is -1.49. The molecule has 1 fully saturated rings. The van der Waals surface area contributed by atoms with E-state index >= 15 is 0 Å². The van der Waals surface area contributed by atoms with Crippen molar-refractivity contribution in [1.29, 1.82) is 0 Å². The molecule has 0 radical (unpaired) electrons. The van der Waals surface area contributed by atoms with E-state index in [4.69, 9.17) is 0 Å². The summed E-state index contributed by atoms with van der Waals surface area (Å²) < 4.78 is 0. The van der Waals surface area contributed by atoms with Crippen LogP contribution in [0.1, 0.15) is 31.2 Å². The number of amides is 1. The molecule has 1 aliphatic rings. The average molecular weight is 234 g/mol. The highest BCUT2D eigenvalue weighted by atomic mass is 16.2. The first-order valence-electron chi connectivity index (χ1n) is 5.96. The second-order valence-corrected chi connectivity index (χ2v) is 4.53. The van der Waals surface area contributed by atoms with Crippen molar-refractivity contribution in [3.63, 3.8) is 0 Å². The second kappa shape index (κ2) is 5.23. The number of hydrogen-bond acceptors (Lipinski definition) is 4. The van der Waals surface area contributed by atoms with E-state index in [-0.39, 0.29) is 11.9 Å². The van der Waals surface area contributed by atoms with Gasteiger partial charge in [-0.05, 0) is 26.7 Å². The molecule has 0 spiro atoms. The molecule has 0 saturated heterocycles. The summed E-state index contributed by atoms with van der Waals surface area (Å²) in [5, 5.41) is 6.10. The van der Waals surface area contributed by atoms with Crippen LogP contribution in [0.5, 0.6) is 0 Å². The van der Waals surface area contributed by atoms with Gasteiger partial charge < -0.3 is 10.6 Å². The summed E-state index contributed by atoms with van der Waals surface area (Å²) in [4.78, 5) is 20.0. The molecule has 5 nitrogen and oxygen atoms in total. The zero-order valence-electron chi connectivity index (χ0n) is 10.2. The van der Waals surface area contributed by atoms with Crippen molar-refractivity contribution in [2.75, 3.05) is 0 Å². The van der Waals surface area contributed by atoms with Crippen LogP contribution in [0.25, 0.3) is 0 Å². The number of rotatable bonds is 5. The third kappa shape index (κ3) is 3.78. The Morgan fingerprint density at radius 2 is 2.24 bits per heavy atom. The Morgan fingerprint density at radius 3 is 2.82 bits per heavy atom. The topological polar surface area (TPSA) is 66.9 Å². The molecular formula is C12H18N4O. The molecule has 2 rings (SSSR count). The van der Waals surface area contributed by atoms with Crippen LogP contribution in [-0.2, 0) is 11.3 Å². The lowest BCUT2D eigenvalue weighted by molar-refractivity contribution is -0.122. The Balaban J connectivity index is 1.76. The summed E-state index contributed by atoms with van der Waals surface area (Å²) in [5.41, 5.74) is 1.75. The molecule has 1 atom stereocenters. The molecule has 92 valence electrons. The van der Waals surface area contributed by atoms with Crippen LogP contribution >= 0.6 is 0 Å². The second-order valence-electron chi connectivity index (χ2n) is 4.53. The molecule has 1 unspecified atom stereocenters. The first kappa shape index (κ1) is 12.0. The van der Waals surface area contributed by atoms with Crippen molar-refractivity contribution >= 4 is 5.91 Å². The average Bonchev–Trinajstić information content (AvgIpc) is 3.11. The summed E-state index contributed by atoms with van der Waals surface area (Å²) >= 11 is 0. The van der Waals surface area contributed by atoms with Gasteiger partial charge in [0.2, 0.25) is 5.91 Å². The zero-order chi connectivity index (χ0) is 12.3. The number of hydrogen-bond donors (Lipinski definition) is 2. The smallest absolute Gasteiger partial charge is 0.237 e. The Bertz CT molecular complexity index is 386. The highest BCUT2D eigenvalue weighted by Gasteiger charge is 2.25. The molecule has 1 heterocycles. The fourth-order valence-electron chi connectivity index (χ4n) is 1.41. The fraction of sp³-hybridized carbons (Fsp3) is 0.583. The number of carbonyl (C=O) groups is 1. The van der Waals surface area contributed by atoms with Crippen LogP contribution in [0.3, 0.4) is 0 Å². The van der Waals surface area contributed by atoms with Crippen LogP contribution < -0.4 is 10.6 Å². The summed E-state index contributed by atoms with van der Waals surface area (Å²) in [6, 6.07) is 0.213. The summed E-state index contributed by atoms with van der Waals surface area (Å²) in [6.07, 6.45) is 5.68. The lowest BCUT2D eigenvalue weighted by atomic mass is 10.3. The lowest BCUT2D eigenvalue weighted by Gasteiger charge is -2.13. The van der Waals surface area contributed by atoms with Gasteiger partial charge in [0.05, 0.1) is 17.4 Å². The monoisotopic (exact) mass is 234 g/mol. The molecule has 5 heteroatoms. The van der Waals surface area contributed by atoms with E-state index in [2.05, 4.69) is 20.6 Å². The molecule has 1 aromatic rings. The summed E-state index contributed by atoms with van der Waals surface area (Å²) in [5.74, 6) is 0.0626. The van der Waals surface area contributed by atoms with Gasteiger partial charge in [-0.15, -0.1) is 0 Å². The Morgan fingerprint density at radius 1 is 1.47 bits per heavy atom. The van der Waals surface area contributed by atoms with Gasteiger partial charge in [-0.3, -0.25) is 14.8 Å². The minimum Gasteiger partial charge on any atom is -0.352 e. The Labute approximate surface area is 101 Å². The largest absolute Gasteiger partial charge is 0.352 e. The molecule has 0 aromatic carbocycles. The molecule has 1 aromatic heterocycles. The number of aryl methyl sites for hydroxylation is 1. The van der Waals surface area contributed by atoms with E-state index in [1.54, 1.807) is 12.4 Å². The van der Waals surface area contributed by atoms with Gasteiger partial charge in [0.1, 0.15) is 0 Å². The van der Waals surface area contributed by atoms with Crippen LogP contribution in [0.2, 0.25) is 0 Å². The van der Waals surface area contributed by atoms with Gasteiger partial charge in [0, 0.05) is 25.0 Å². The van der Waals surface area contributed by atoms with Crippen molar-refractivity contribution in [3.8, 4) is 0 Å².